The number of carboxylic acids is 1. The SMILES string of the molecule is O=C(O)C1(N(c2ccc(-c3ccc(Cl)cc3)cc2)S(=O)O)CC1. The second kappa shape index (κ2) is 5.96. The fourth-order valence-electron chi connectivity index (χ4n) is 2.54. The fraction of sp³-hybridized carbons (Fsp3) is 0.188. The van der Waals surface area contributed by atoms with E-state index in [-0.39, 0.29) is 0 Å². The van der Waals surface area contributed by atoms with E-state index in [0.717, 1.165) is 15.4 Å². The number of nitrogens with zero attached hydrogens (tertiary/aromatic N) is 1. The molecule has 0 aliphatic heterocycles. The van der Waals surface area contributed by atoms with Crippen LogP contribution in [-0.2, 0) is 16.1 Å². The average molecular weight is 352 g/mol. The Labute approximate surface area is 140 Å². The van der Waals surface area contributed by atoms with Gasteiger partial charge in [0.05, 0.1) is 5.69 Å². The molecule has 5 nitrogen and oxygen atoms in total. The van der Waals surface area contributed by atoms with Gasteiger partial charge in [-0.15, -0.1) is 0 Å². The highest BCUT2D eigenvalue weighted by Gasteiger charge is 2.57. The molecule has 120 valence electrons. The van der Waals surface area contributed by atoms with Crippen LogP contribution in [0.2, 0.25) is 5.02 Å². The summed E-state index contributed by atoms with van der Waals surface area (Å²) in [6.07, 6.45) is 0.709. The van der Waals surface area contributed by atoms with E-state index in [1.165, 1.54) is 0 Å². The number of hydrogen-bond donors (Lipinski definition) is 2. The van der Waals surface area contributed by atoms with Crippen molar-refractivity contribution in [1.82, 2.24) is 0 Å². The molecule has 0 radical (unpaired) electrons. The number of halogens is 1. The van der Waals surface area contributed by atoms with E-state index in [2.05, 4.69) is 0 Å². The van der Waals surface area contributed by atoms with Crippen molar-refractivity contribution < 1.29 is 18.7 Å². The molecule has 1 saturated carbocycles. The third-order valence-electron chi connectivity index (χ3n) is 3.95. The summed E-state index contributed by atoms with van der Waals surface area (Å²) in [4.78, 5) is 11.4. The van der Waals surface area contributed by atoms with Gasteiger partial charge >= 0.3 is 5.97 Å². The van der Waals surface area contributed by atoms with E-state index in [1.807, 2.05) is 12.1 Å². The molecule has 3 rings (SSSR count). The minimum absolute atomic E-state index is 0.355. The monoisotopic (exact) mass is 351 g/mol. The average Bonchev–Trinajstić information content (AvgIpc) is 3.30. The number of rotatable bonds is 5. The fourth-order valence-corrected chi connectivity index (χ4v) is 3.53. The number of hydrogen-bond acceptors (Lipinski definition) is 2. The molecule has 0 saturated heterocycles. The molecule has 1 aliphatic carbocycles. The summed E-state index contributed by atoms with van der Waals surface area (Å²) in [6.45, 7) is 0. The highest BCUT2D eigenvalue weighted by atomic mass is 35.5. The minimum Gasteiger partial charge on any atom is -0.479 e. The summed E-state index contributed by atoms with van der Waals surface area (Å²) in [7, 11) is 0. The molecule has 2 N–H and O–H groups in total. The first-order valence-corrected chi connectivity index (χ1v) is 8.39. The molecule has 7 heteroatoms. The van der Waals surface area contributed by atoms with Gasteiger partial charge in [-0.2, -0.15) is 0 Å². The number of carboxylic acid groups (broad SMARTS) is 1. The van der Waals surface area contributed by atoms with E-state index in [1.54, 1.807) is 36.4 Å². The van der Waals surface area contributed by atoms with Gasteiger partial charge in [-0.1, -0.05) is 35.9 Å². The molecule has 1 unspecified atom stereocenters. The molecular weight excluding hydrogens is 338 g/mol. The van der Waals surface area contributed by atoms with Crippen molar-refractivity contribution in [3.8, 4) is 11.1 Å². The van der Waals surface area contributed by atoms with Crippen molar-refractivity contribution >= 4 is 34.5 Å². The molecule has 0 heterocycles. The highest BCUT2D eigenvalue weighted by molar-refractivity contribution is 7.80. The third kappa shape index (κ3) is 2.97. The number of carbonyl (C=O) groups is 1. The van der Waals surface area contributed by atoms with Crippen LogP contribution in [0.15, 0.2) is 48.5 Å². The Hall–Kier alpha value is -1.89. The predicted octanol–water partition coefficient (Wildman–Crippen LogP) is 3.57. The highest BCUT2D eigenvalue weighted by Crippen LogP contribution is 2.45. The maximum atomic E-state index is 11.6. The molecule has 1 aliphatic rings. The second-order valence-electron chi connectivity index (χ2n) is 5.42. The normalized spacial score (nSPS) is 16.6. The van der Waals surface area contributed by atoms with Gasteiger partial charge in [0.25, 0.3) is 11.3 Å². The molecule has 23 heavy (non-hydrogen) atoms. The Balaban J connectivity index is 1.93. The zero-order chi connectivity index (χ0) is 16.6. The third-order valence-corrected chi connectivity index (χ3v) is 5.07. The summed E-state index contributed by atoms with van der Waals surface area (Å²) in [5, 5.41) is 9.99. The summed E-state index contributed by atoms with van der Waals surface area (Å²) >= 11 is 3.46. The van der Waals surface area contributed by atoms with Crippen LogP contribution in [0.25, 0.3) is 11.1 Å². The molecule has 0 amide bonds. The Morgan fingerprint density at radius 1 is 1.04 bits per heavy atom. The van der Waals surface area contributed by atoms with Crippen molar-refractivity contribution in [1.29, 1.82) is 0 Å². The molecule has 0 bridgehead atoms. The van der Waals surface area contributed by atoms with Gasteiger partial charge in [-0.3, -0.25) is 8.86 Å². The van der Waals surface area contributed by atoms with Crippen LogP contribution < -0.4 is 4.31 Å². The van der Waals surface area contributed by atoms with E-state index >= 15 is 0 Å². The smallest absolute Gasteiger partial charge is 0.330 e. The Morgan fingerprint density at radius 3 is 1.91 bits per heavy atom. The van der Waals surface area contributed by atoms with Crippen molar-refractivity contribution in [2.45, 2.75) is 18.4 Å². The van der Waals surface area contributed by atoms with Crippen molar-refractivity contribution in [2.24, 2.45) is 0 Å². The van der Waals surface area contributed by atoms with Gasteiger partial charge in [-0.25, -0.2) is 9.00 Å². The zero-order valence-corrected chi connectivity index (χ0v) is 13.5. The van der Waals surface area contributed by atoms with Gasteiger partial charge < -0.3 is 5.11 Å². The van der Waals surface area contributed by atoms with Crippen molar-refractivity contribution in [3.05, 3.63) is 53.6 Å². The van der Waals surface area contributed by atoms with Crippen LogP contribution in [0, 0.1) is 0 Å². The molecule has 0 aromatic heterocycles. The van der Waals surface area contributed by atoms with E-state index < -0.39 is 22.8 Å². The first-order valence-electron chi connectivity index (χ1n) is 6.95. The Morgan fingerprint density at radius 2 is 1.52 bits per heavy atom. The van der Waals surface area contributed by atoms with Gasteiger partial charge in [-0.05, 0) is 48.2 Å². The van der Waals surface area contributed by atoms with Crippen LogP contribution in [-0.4, -0.2) is 25.4 Å². The van der Waals surface area contributed by atoms with Gasteiger partial charge in [0, 0.05) is 5.02 Å². The number of anilines is 1. The molecule has 2 aromatic carbocycles. The van der Waals surface area contributed by atoms with Crippen LogP contribution >= 0.6 is 11.6 Å². The lowest BCUT2D eigenvalue weighted by atomic mass is 10.1. The summed E-state index contributed by atoms with van der Waals surface area (Å²) < 4.78 is 22.2. The minimum atomic E-state index is -2.40. The lowest BCUT2D eigenvalue weighted by molar-refractivity contribution is -0.139. The Bertz CT molecular complexity index is 757. The quantitative estimate of drug-likeness (QED) is 0.807. The van der Waals surface area contributed by atoms with Crippen LogP contribution in [0.5, 0.6) is 0 Å². The van der Waals surface area contributed by atoms with E-state index in [9.17, 15) is 18.7 Å². The van der Waals surface area contributed by atoms with E-state index in [0.29, 0.717) is 23.6 Å². The summed E-state index contributed by atoms with van der Waals surface area (Å²) in [5.41, 5.74) is 0.996. The summed E-state index contributed by atoms with van der Waals surface area (Å²) in [6, 6.07) is 14.2. The first-order chi connectivity index (χ1) is 10.9. The molecule has 0 spiro atoms. The van der Waals surface area contributed by atoms with Crippen molar-refractivity contribution in [2.75, 3.05) is 4.31 Å². The van der Waals surface area contributed by atoms with Crippen LogP contribution in [0.3, 0.4) is 0 Å². The summed E-state index contributed by atoms with van der Waals surface area (Å²) in [5.74, 6) is -1.08. The van der Waals surface area contributed by atoms with Gasteiger partial charge in [0.2, 0.25) is 0 Å². The topological polar surface area (TPSA) is 77.8 Å². The van der Waals surface area contributed by atoms with Crippen LogP contribution in [0.4, 0.5) is 5.69 Å². The largest absolute Gasteiger partial charge is 0.479 e. The molecule has 1 atom stereocenters. The van der Waals surface area contributed by atoms with Gasteiger partial charge in [0.15, 0.2) is 5.54 Å². The Kier molecular flexibility index (Phi) is 4.14. The van der Waals surface area contributed by atoms with E-state index in [4.69, 9.17) is 11.6 Å². The molecule has 2 aromatic rings. The van der Waals surface area contributed by atoms with Crippen LogP contribution in [0.1, 0.15) is 12.8 Å². The van der Waals surface area contributed by atoms with Gasteiger partial charge in [0.1, 0.15) is 0 Å². The second-order valence-corrected chi connectivity index (χ2v) is 6.68. The first kappa shape index (κ1) is 16.0. The maximum absolute atomic E-state index is 11.6. The molecule has 1 fully saturated rings. The van der Waals surface area contributed by atoms with Crippen molar-refractivity contribution in [3.63, 3.8) is 0 Å². The lowest BCUT2D eigenvalue weighted by Gasteiger charge is -2.26. The number of aliphatic carboxylic acids is 1. The lowest BCUT2D eigenvalue weighted by Crippen LogP contribution is -2.44. The maximum Gasteiger partial charge on any atom is 0.330 e. The zero-order valence-electron chi connectivity index (χ0n) is 12.0. The predicted molar refractivity (Wildman–Crippen MR) is 89.7 cm³/mol. The molecular formula is C16H14ClNO4S. The number of benzene rings is 2. The standard InChI is InChI=1S/C16H14ClNO4S/c17-13-5-1-11(2-6-13)12-3-7-14(8-4-12)18(23(21)22)16(9-10-16)15(19)20/h1-8H,9-10H2,(H,19,20)(H,21,22).